The van der Waals surface area contributed by atoms with Gasteiger partial charge in [0.05, 0.1) is 24.6 Å². The summed E-state index contributed by atoms with van der Waals surface area (Å²) in [6.07, 6.45) is 5.77. The standard InChI is InChI=1S/C28H31ClF3N3O3/c1-4-10-34(15-22(36)12-18(3)19-7-5-17(2)6-8-19)27(37)24-25(29)35-14-21(20-9-11-38-16-20)13-23(26(35)33-24)28(30,31)32/h9,11-14,16-17,19H,4-8,10,15H2,1-3H3/b18-12-/t17-,19+. The van der Waals surface area contributed by atoms with Gasteiger partial charge in [-0.15, -0.1) is 0 Å². The molecule has 6 nitrogen and oxygen atoms in total. The van der Waals surface area contributed by atoms with Gasteiger partial charge in [-0.05, 0) is 56.2 Å². The molecule has 4 rings (SSSR count). The van der Waals surface area contributed by atoms with E-state index in [2.05, 4.69) is 11.9 Å². The Morgan fingerprint density at radius 1 is 1.24 bits per heavy atom. The zero-order valence-electron chi connectivity index (χ0n) is 21.6. The molecule has 1 aliphatic carbocycles. The van der Waals surface area contributed by atoms with Gasteiger partial charge in [0.1, 0.15) is 5.15 Å². The van der Waals surface area contributed by atoms with Crippen LogP contribution in [0.1, 0.15) is 68.9 Å². The van der Waals surface area contributed by atoms with Crippen LogP contribution in [0.3, 0.4) is 0 Å². The number of alkyl halides is 3. The van der Waals surface area contributed by atoms with Gasteiger partial charge >= 0.3 is 6.18 Å². The van der Waals surface area contributed by atoms with Crippen LogP contribution in [0.2, 0.25) is 5.15 Å². The van der Waals surface area contributed by atoms with Crippen LogP contribution in [0.5, 0.6) is 0 Å². The number of furan rings is 1. The molecule has 38 heavy (non-hydrogen) atoms. The highest BCUT2D eigenvalue weighted by molar-refractivity contribution is 6.33. The van der Waals surface area contributed by atoms with E-state index in [9.17, 15) is 22.8 Å². The van der Waals surface area contributed by atoms with Crippen LogP contribution in [0.25, 0.3) is 16.8 Å². The summed E-state index contributed by atoms with van der Waals surface area (Å²) >= 11 is 6.45. The van der Waals surface area contributed by atoms with Crippen molar-refractivity contribution in [3.05, 3.63) is 58.9 Å². The summed E-state index contributed by atoms with van der Waals surface area (Å²) in [6, 6.07) is 2.47. The molecule has 3 aromatic heterocycles. The molecule has 1 amide bonds. The summed E-state index contributed by atoms with van der Waals surface area (Å²) in [7, 11) is 0. The fourth-order valence-corrected chi connectivity index (χ4v) is 5.29. The van der Waals surface area contributed by atoms with Gasteiger partial charge in [-0.3, -0.25) is 14.0 Å². The maximum atomic E-state index is 14.0. The molecule has 0 unspecified atom stereocenters. The van der Waals surface area contributed by atoms with Crippen molar-refractivity contribution in [1.82, 2.24) is 14.3 Å². The van der Waals surface area contributed by atoms with Crippen molar-refractivity contribution < 1.29 is 27.2 Å². The second-order valence-electron chi connectivity index (χ2n) is 10.1. The predicted octanol–water partition coefficient (Wildman–Crippen LogP) is 7.46. The summed E-state index contributed by atoms with van der Waals surface area (Å²) in [6.45, 7) is 6.05. The first-order chi connectivity index (χ1) is 18.0. The monoisotopic (exact) mass is 549 g/mol. The molecule has 1 aliphatic rings. The summed E-state index contributed by atoms with van der Waals surface area (Å²) in [5.74, 6) is 0.116. The molecule has 0 radical (unpaired) electrons. The van der Waals surface area contributed by atoms with Crippen LogP contribution in [0, 0.1) is 11.8 Å². The molecule has 0 aromatic carbocycles. The third kappa shape index (κ3) is 5.98. The number of hydrogen-bond donors (Lipinski definition) is 0. The van der Waals surface area contributed by atoms with Crippen LogP contribution in [0.15, 0.2) is 46.9 Å². The van der Waals surface area contributed by atoms with Crippen LogP contribution in [-0.4, -0.2) is 39.1 Å². The number of carbonyl (C=O) groups excluding carboxylic acids is 2. The molecule has 0 saturated heterocycles. The van der Waals surface area contributed by atoms with Gasteiger partial charge in [-0.25, -0.2) is 4.98 Å². The number of amides is 1. The number of pyridine rings is 1. The second-order valence-corrected chi connectivity index (χ2v) is 10.5. The number of rotatable bonds is 8. The highest BCUT2D eigenvalue weighted by Gasteiger charge is 2.36. The Balaban J connectivity index is 1.64. The quantitative estimate of drug-likeness (QED) is 0.273. The number of ketones is 1. The number of aromatic nitrogens is 2. The molecule has 0 bridgehead atoms. The van der Waals surface area contributed by atoms with Gasteiger partial charge in [0, 0.05) is 23.9 Å². The molecule has 3 heterocycles. The number of imidazole rings is 1. The zero-order valence-corrected chi connectivity index (χ0v) is 22.4. The average Bonchev–Trinajstić information content (AvgIpc) is 3.51. The van der Waals surface area contributed by atoms with Crippen LogP contribution in [0.4, 0.5) is 13.2 Å². The van der Waals surface area contributed by atoms with Gasteiger partial charge in [0.2, 0.25) is 0 Å². The molecule has 1 fully saturated rings. The van der Waals surface area contributed by atoms with Gasteiger partial charge < -0.3 is 9.32 Å². The van der Waals surface area contributed by atoms with E-state index in [-0.39, 0.29) is 35.3 Å². The van der Waals surface area contributed by atoms with Gasteiger partial charge in [0.15, 0.2) is 17.1 Å². The number of halogens is 4. The van der Waals surface area contributed by atoms with E-state index in [1.165, 1.54) is 29.7 Å². The Kier molecular flexibility index (Phi) is 8.35. The Bertz CT molecular complexity index is 1340. The molecule has 10 heteroatoms. The molecule has 1 saturated carbocycles. The number of hydrogen-bond acceptors (Lipinski definition) is 4. The van der Waals surface area contributed by atoms with Crippen molar-refractivity contribution >= 4 is 28.9 Å². The van der Waals surface area contributed by atoms with Crippen LogP contribution < -0.4 is 0 Å². The van der Waals surface area contributed by atoms with Crippen LogP contribution >= 0.6 is 11.6 Å². The molecule has 0 aliphatic heterocycles. The predicted molar refractivity (Wildman–Crippen MR) is 139 cm³/mol. The summed E-state index contributed by atoms with van der Waals surface area (Å²) in [5, 5.41) is -0.252. The van der Waals surface area contributed by atoms with E-state index in [0.29, 0.717) is 23.8 Å². The van der Waals surface area contributed by atoms with Crippen molar-refractivity contribution in [1.29, 1.82) is 0 Å². The first-order valence-corrected chi connectivity index (χ1v) is 13.2. The zero-order chi connectivity index (χ0) is 27.6. The van der Waals surface area contributed by atoms with Gasteiger partial charge in [0.25, 0.3) is 5.91 Å². The van der Waals surface area contributed by atoms with Crippen LogP contribution in [-0.2, 0) is 11.0 Å². The summed E-state index contributed by atoms with van der Waals surface area (Å²) < 4.78 is 48.0. The summed E-state index contributed by atoms with van der Waals surface area (Å²) in [4.78, 5) is 31.7. The molecule has 0 N–H and O–H groups in total. The number of carbonyl (C=O) groups is 2. The van der Waals surface area contributed by atoms with Crippen molar-refractivity contribution in [3.63, 3.8) is 0 Å². The second kappa shape index (κ2) is 11.4. The van der Waals surface area contributed by atoms with Crippen molar-refractivity contribution in [2.75, 3.05) is 13.1 Å². The highest BCUT2D eigenvalue weighted by atomic mass is 35.5. The fraction of sp³-hybridized carbons (Fsp3) is 0.464. The molecule has 3 aromatic rings. The van der Waals surface area contributed by atoms with E-state index >= 15 is 0 Å². The molecule has 0 spiro atoms. The largest absolute Gasteiger partial charge is 0.472 e. The number of fused-ring (bicyclic) bond motifs is 1. The minimum atomic E-state index is -4.74. The first kappa shape index (κ1) is 28.0. The third-order valence-corrected chi connectivity index (χ3v) is 7.56. The molecular formula is C28H31ClF3N3O3. The van der Waals surface area contributed by atoms with Crippen molar-refractivity contribution in [2.45, 2.75) is 59.1 Å². The Labute approximate surface area is 224 Å². The topological polar surface area (TPSA) is 67.8 Å². The van der Waals surface area contributed by atoms with Crippen molar-refractivity contribution in [3.8, 4) is 11.1 Å². The lowest BCUT2D eigenvalue weighted by atomic mass is 9.79. The Hall–Kier alpha value is -3.07. The van der Waals surface area contributed by atoms with E-state index in [0.717, 1.165) is 41.7 Å². The molecular weight excluding hydrogens is 519 g/mol. The third-order valence-electron chi connectivity index (χ3n) is 7.20. The average molecular weight is 550 g/mol. The lowest BCUT2D eigenvalue weighted by Crippen LogP contribution is -2.36. The Morgan fingerprint density at radius 3 is 2.55 bits per heavy atom. The maximum Gasteiger partial charge on any atom is 0.420 e. The highest BCUT2D eigenvalue weighted by Crippen LogP contribution is 2.37. The van der Waals surface area contributed by atoms with E-state index in [4.69, 9.17) is 16.0 Å². The smallest absolute Gasteiger partial charge is 0.420 e. The minimum absolute atomic E-state index is 0.204. The number of allylic oxidation sites excluding steroid dienone is 1. The maximum absolute atomic E-state index is 14.0. The molecule has 0 atom stereocenters. The normalized spacial score (nSPS) is 18.7. The summed E-state index contributed by atoms with van der Waals surface area (Å²) in [5.41, 5.74) is -0.223. The van der Waals surface area contributed by atoms with E-state index in [1.54, 1.807) is 6.08 Å². The minimum Gasteiger partial charge on any atom is -0.472 e. The number of nitrogens with zero attached hydrogens (tertiary/aromatic N) is 3. The van der Waals surface area contributed by atoms with Gasteiger partial charge in [-0.1, -0.05) is 43.9 Å². The first-order valence-electron chi connectivity index (χ1n) is 12.8. The van der Waals surface area contributed by atoms with E-state index < -0.39 is 23.3 Å². The van der Waals surface area contributed by atoms with Crippen molar-refractivity contribution in [2.24, 2.45) is 11.8 Å². The SMILES string of the molecule is CCCN(CC(=O)/C=C(/C)[C@H]1CC[C@@H](C)CC1)C(=O)c1nc2c(C(F)(F)F)cc(-c3ccoc3)cn2c1Cl. The van der Waals surface area contributed by atoms with E-state index in [1.807, 2.05) is 13.8 Å². The lowest BCUT2D eigenvalue weighted by Gasteiger charge is -2.27. The Morgan fingerprint density at radius 2 is 1.95 bits per heavy atom. The lowest BCUT2D eigenvalue weighted by molar-refractivity contribution is -0.136. The molecule has 204 valence electrons. The fourth-order valence-electron chi connectivity index (χ4n) is 5.04. The van der Waals surface area contributed by atoms with Gasteiger partial charge in [-0.2, -0.15) is 13.2 Å².